The Morgan fingerprint density at radius 3 is 2.94 bits per heavy atom. The number of benzene rings is 1. The molecule has 1 amide bonds. The van der Waals surface area contributed by atoms with Gasteiger partial charge in [0, 0.05) is 24.0 Å². The summed E-state index contributed by atoms with van der Waals surface area (Å²) in [6, 6.07) is 10.1. The van der Waals surface area contributed by atoms with E-state index in [9.17, 15) is 4.79 Å². The molecule has 0 spiro atoms. The van der Waals surface area contributed by atoms with E-state index in [1.807, 2.05) is 30.5 Å². The van der Waals surface area contributed by atoms with Crippen LogP contribution in [0.25, 0.3) is 10.9 Å². The average Bonchev–Trinajstić information content (AvgIpc) is 2.34. The molecule has 3 rings (SSSR count). The van der Waals surface area contributed by atoms with Gasteiger partial charge in [-0.3, -0.25) is 9.78 Å². The molecular weight excluding hydrogens is 224 g/mol. The summed E-state index contributed by atoms with van der Waals surface area (Å²) in [6.07, 6.45) is 5.11. The molecule has 0 atom stereocenters. The Bertz CT molecular complexity index is 575. The lowest BCUT2D eigenvalue weighted by Crippen LogP contribution is -2.33. The van der Waals surface area contributed by atoms with E-state index >= 15 is 0 Å². The monoisotopic (exact) mass is 240 g/mol. The predicted molar refractivity (Wildman–Crippen MR) is 70.9 cm³/mol. The van der Waals surface area contributed by atoms with E-state index in [1.54, 1.807) is 0 Å². The zero-order chi connectivity index (χ0) is 12.4. The van der Waals surface area contributed by atoms with Gasteiger partial charge in [-0.05, 0) is 30.5 Å². The van der Waals surface area contributed by atoms with E-state index in [1.165, 1.54) is 6.42 Å². The molecule has 1 aliphatic rings. The van der Waals surface area contributed by atoms with Crippen LogP contribution < -0.4 is 5.32 Å². The normalized spacial score (nSPS) is 15.3. The van der Waals surface area contributed by atoms with Gasteiger partial charge in [0.2, 0.25) is 5.91 Å². The second-order valence-corrected chi connectivity index (χ2v) is 4.88. The Labute approximate surface area is 106 Å². The second kappa shape index (κ2) is 4.77. The molecule has 18 heavy (non-hydrogen) atoms. The number of rotatable bonds is 3. The van der Waals surface area contributed by atoms with Gasteiger partial charge in [0.15, 0.2) is 0 Å². The smallest absolute Gasteiger partial charge is 0.223 e. The number of para-hydroxylation sites is 1. The van der Waals surface area contributed by atoms with Gasteiger partial charge in [0.1, 0.15) is 0 Å². The summed E-state index contributed by atoms with van der Waals surface area (Å²) in [5, 5.41) is 4.11. The number of nitrogens with one attached hydrogen (secondary N) is 1. The van der Waals surface area contributed by atoms with Crippen LogP contribution in [-0.4, -0.2) is 10.9 Å². The summed E-state index contributed by atoms with van der Waals surface area (Å²) < 4.78 is 0. The van der Waals surface area contributed by atoms with Crippen molar-refractivity contribution in [2.45, 2.75) is 25.8 Å². The Kier molecular flexibility index (Phi) is 2.97. The van der Waals surface area contributed by atoms with Crippen molar-refractivity contribution in [2.75, 3.05) is 0 Å². The Morgan fingerprint density at radius 2 is 2.17 bits per heavy atom. The summed E-state index contributed by atoms with van der Waals surface area (Å²) in [5.74, 6) is 0.438. The minimum Gasteiger partial charge on any atom is -0.352 e. The van der Waals surface area contributed by atoms with Crippen molar-refractivity contribution in [3.63, 3.8) is 0 Å². The number of hydrogen-bond donors (Lipinski definition) is 1. The molecule has 0 bridgehead atoms. The van der Waals surface area contributed by atoms with Gasteiger partial charge in [0.05, 0.1) is 5.52 Å². The first kappa shape index (κ1) is 11.2. The fourth-order valence-corrected chi connectivity index (χ4v) is 2.22. The van der Waals surface area contributed by atoms with E-state index in [0.29, 0.717) is 6.54 Å². The molecule has 1 fully saturated rings. The first-order chi connectivity index (χ1) is 8.83. The SMILES string of the molecule is O=C(NCc1cnc2ccccc2c1)C1CCC1. The lowest BCUT2D eigenvalue weighted by Gasteiger charge is -2.24. The van der Waals surface area contributed by atoms with Crippen LogP contribution in [0.15, 0.2) is 36.5 Å². The molecule has 1 heterocycles. The Morgan fingerprint density at radius 1 is 1.33 bits per heavy atom. The predicted octanol–water partition coefficient (Wildman–Crippen LogP) is 2.65. The van der Waals surface area contributed by atoms with Gasteiger partial charge in [-0.25, -0.2) is 0 Å². The van der Waals surface area contributed by atoms with Crippen molar-refractivity contribution in [3.05, 3.63) is 42.1 Å². The third kappa shape index (κ3) is 2.21. The molecule has 0 saturated heterocycles. The molecule has 3 nitrogen and oxygen atoms in total. The van der Waals surface area contributed by atoms with Crippen LogP contribution in [0.2, 0.25) is 0 Å². The van der Waals surface area contributed by atoms with Gasteiger partial charge in [0.25, 0.3) is 0 Å². The van der Waals surface area contributed by atoms with Crippen molar-refractivity contribution in [1.29, 1.82) is 0 Å². The van der Waals surface area contributed by atoms with Crippen LogP contribution in [0.3, 0.4) is 0 Å². The maximum Gasteiger partial charge on any atom is 0.223 e. The molecular formula is C15H16N2O. The fraction of sp³-hybridized carbons (Fsp3) is 0.333. The van der Waals surface area contributed by atoms with Crippen LogP contribution in [0.1, 0.15) is 24.8 Å². The molecule has 0 aliphatic heterocycles. The van der Waals surface area contributed by atoms with Gasteiger partial charge in [-0.15, -0.1) is 0 Å². The van der Waals surface area contributed by atoms with Gasteiger partial charge in [-0.1, -0.05) is 24.6 Å². The fourth-order valence-electron chi connectivity index (χ4n) is 2.22. The number of hydrogen-bond acceptors (Lipinski definition) is 2. The van der Waals surface area contributed by atoms with Crippen LogP contribution in [0.4, 0.5) is 0 Å². The van der Waals surface area contributed by atoms with Crippen LogP contribution >= 0.6 is 0 Å². The highest BCUT2D eigenvalue weighted by molar-refractivity contribution is 5.80. The summed E-state index contributed by atoms with van der Waals surface area (Å²) >= 11 is 0. The number of nitrogens with zero attached hydrogens (tertiary/aromatic N) is 1. The second-order valence-electron chi connectivity index (χ2n) is 4.88. The summed E-state index contributed by atoms with van der Waals surface area (Å²) in [4.78, 5) is 16.1. The molecule has 1 aliphatic carbocycles. The molecule has 1 aromatic heterocycles. The first-order valence-electron chi connectivity index (χ1n) is 6.44. The third-order valence-electron chi connectivity index (χ3n) is 3.59. The topological polar surface area (TPSA) is 42.0 Å². The molecule has 2 aromatic rings. The number of carbonyl (C=O) groups excluding carboxylic acids is 1. The number of pyridine rings is 1. The number of amides is 1. The maximum absolute atomic E-state index is 11.7. The Balaban J connectivity index is 1.68. The standard InChI is InChI=1S/C15H16N2O/c18-15(12-5-3-6-12)17-10-11-8-13-4-1-2-7-14(13)16-9-11/h1-2,4,7-9,12H,3,5-6,10H2,(H,17,18). The average molecular weight is 240 g/mol. The van der Waals surface area contributed by atoms with E-state index in [-0.39, 0.29) is 11.8 Å². The van der Waals surface area contributed by atoms with E-state index in [0.717, 1.165) is 29.3 Å². The lowest BCUT2D eigenvalue weighted by atomic mass is 9.85. The van der Waals surface area contributed by atoms with Gasteiger partial charge < -0.3 is 5.32 Å². The highest BCUT2D eigenvalue weighted by Gasteiger charge is 2.24. The molecule has 0 radical (unpaired) electrons. The molecule has 3 heteroatoms. The van der Waals surface area contributed by atoms with Crippen LogP contribution in [-0.2, 0) is 11.3 Å². The van der Waals surface area contributed by atoms with Crippen LogP contribution in [0, 0.1) is 5.92 Å². The van der Waals surface area contributed by atoms with Crippen molar-refractivity contribution < 1.29 is 4.79 Å². The minimum absolute atomic E-state index is 0.189. The summed E-state index contributed by atoms with van der Waals surface area (Å²) in [7, 11) is 0. The van der Waals surface area contributed by atoms with Gasteiger partial charge >= 0.3 is 0 Å². The largest absolute Gasteiger partial charge is 0.352 e. The number of aromatic nitrogens is 1. The molecule has 1 aromatic carbocycles. The first-order valence-corrected chi connectivity index (χ1v) is 6.44. The van der Waals surface area contributed by atoms with Crippen molar-refractivity contribution >= 4 is 16.8 Å². The highest BCUT2D eigenvalue weighted by Crippen LogP contribution is 2.26. The number of carbonyl (C=O) groups is 1. The molecule has 0 unspecified atom stereocenters. The van der Waals surface area contributed by atoms with E-state index in [4.69, 9.17) is 0 Å². The maximum atomic E-state index is 11.7. The van der Waals surface area contributed by atoms with Crippen molar-refractivity contribution in [2.24, 2.45) is 5.92 Å². The Hall–Kier alpha value is -1.90. The van der Waals surface area contributed by atoms with Crippen molar-refractivity contribution in [3.8, 4) is 0 Å². The zero-order valence-electron chi connectivity index (χ0n) is 10.2. The highest BCUT2D eigenvalue weighted by atomic mass is 16.1. The quantitative estimate of drug-likeness (QED) is 0.896. The lowest BCUT2D eigenvalue weighted by molar-refractivity contribution is -0.127. The van der Waals surface area contributed by atoms with E-state index in [2.05, 4.69) is 16.4 Å². The summed E-state index contributed by atoms with van der Waals surface area (Å²) in [6.45, 7) is 0.577. The minimum atomic E-state index is 0.189. The molecule has 92 valence electrons. The summed E-state index contributed by atoms with van der Waals surface area (Å²) in [5.41, 5.74) is 2.05. The van der Waals surface area contributed by atoms with Crippen LogP contribution in [0.5, 0.6) is 0 Å². The zero-order valence-corrected chi connectivity index (χ0v) is 10.2. The van der Waals surface area contributed by atoms with Gasteiger partial charge in [-0.2, -0.15) is 0 Å². The molecule has 1 N–H and O–H groups in total. The molecule has 1 saturated carbocycles. The third-order valence-corrected chi connectivity index (χ3v) is 3.59. The van der Waals surface area contributed by atoms with Crippen molar-refractivity contribution in [1.82, 2.24) is 10.3 Å². The van der Waals surface area contributed by atoms with E-state index < -0.39 is 0 Å². The number of fused-ring (bicyclic) bond motifs is 1.